The predicted molar refractivity (Wildman–Crippen MR) is 63.9 cm³/mol. The minimum Gasteiger partial charge on any atom is -0.246 e. The number of carbonyl (C=O) groups excluding carboxylic acids is 2. The summed E-state index contributed by atoms with van der Waals surface area (Å²) < 4.78 is 0.924. The molecule has 1 aliphatic carbocycles. The molecule has 0 saturated heterocycles. The molecule has 0 heterocycles. The van der Waals surface area contributed by atoms with Crippen molar-refractivity contribution < 1.29 is 45.6 Å². The van der Waals surface area contributed by atoms with Gasteiger partial charge in [-0.2, -0.15) is 0 Å². The maximum absolute atomic E-state index is 11.1. The second-order valence-corrected chi connectivity index (χ2v) is 5.15. The monoisotopic (exact) mass is 494 g/mol. The quantitative estimate of drug-likeness (QED) is 0.360. The molecular weight excluding hydrogens is 478 g/mol. The molecule has 0 aromatic rings. The van der Waals surface area contributed by atoms with Gasteiger partial charge in [0.05, 0.1) is 5.23 Å². The number of carbonyl (C=O) groups is 2. The first-order valence-electron chi connectivity index (χ1n) is 5.74. The first-order valence-corrected chi connectivity index (χ1v) is 6.42. The molecule has 1 aliphatic rings. The van der Waals surface area contributed by atoms with E-state index in [1.165, 1.54) is 13.8 Å². The molecule has 1 rings (SSSR count). The molecule has 1 saturated carbocycles. The number of halogens is 2. The molecule has 0 unspecified atom stereocenters. The Morgan fingerprint density at radius 2 is 1.47 bits per heavy atom. The van der Waals surface area contributed by atoms with Crippen LogP contribution in [0.15, 0.2) is 0 Å². The molecular formula is C10H17Cl2N2O4Pt+5. The van der Waals surface area contributed by atoms with Gasteiger partial charge in [-0.15, -0.1) is 0 Å². The molecule has 0 atom stereocenters. The van der Waals surface area contributed by atoms with Crippen LogP contribution in [0.25, 0.3) is 0 Å². The molecule has 0 aliphatic heterocycles. The van der Waals surface area contributed by atoms with Crippen LogP contribution in [0.3, 0.4) is 0 Å². The summed E-state index contributed by atoms with van der Waals surface area (Å²) in [6.07, 6.45) is 3.90. The van der Waals surface area contributed by atoms with Crippen molar-refractivity contribution in [1.82, 2.24) is 3.94 Å². The average Bonchev–Trinajstić information content (AvgIpc) is 2.27. The van der Waals surface area contributed by atoms with Crippen molar-refractivity contribution >= 4 is 35.5 Å². The summed E-state index contributed by atoms with van der Waals surface area (Å²) in [7, 11) is 0. The van der Waals surface area contributed by atoms with Crippen LogP contribution < -0.4 is 5.23 Å². The molecule has 6 nitrogen and oxygen atoms in total. The summed E-state index contributed by atoms with van der Waals surface area (Å²) in [6, 6.07) is 0. The molecule has 0 amide bonds. The minimum absolute atomic E-state index is 0. The molecule has 0 radical (unpaired) electrons. The van der Waals surface area contributed by atoms with Crippen LogP contribution in [-0.2, 0) is 40.3 Å². The fourth-order valence-electron chi connectivity index (χ4n) is 2.05. The maximum Gasteiger partial charge on any atom is 4.00 e. The van der Waals surface area contributed by atoms with Crippen molar-refractivity contribution in [3.63, 3.8) is 0 Å². The summed E-state index contributed by atoms with van der Waals surface area (Å²) in [5, 5.41) is -0.132. The molecule has 1 N–H and O–H groups in total. The fraction of sp³-hybridized carbons (Fsp3) is 0.800. The van der Waals surface area contributed by atoms with Crippen LogP contribution in [0.2, 0.25) is 0 Å². The van der Waals surface area contributed by atoms with Gasteiger partial charge in [-0.25, -0.2) is 19.3 Å². The van der Waals surface area contributed by atoms with Gasteiger partial charge in [0.25, 0.3) is 5.66 Å². The van der Waals surface area contributed by atoms with Gasteiger partial charge >= 0.3 is 33.0 Å². The Morgan fingerprint density at radius 1 is 1.05 bits per heavy atom. The van der Waals surface area contributed by atoms with E-state index in [0.717, 1.165) is 23.2 Å². The number of nitrogens with one attached hydrogen (secondary N) is 1. The van der Waals surface area contributed by atoms with Crippen molar-refractivity contribution in [3.8, 4) is 0 Å². The maximum atomic E-state index is 11.1. The first-order chi connectivity index (χ1) is 8.38. The fourth-order valence-corrected chi connectivity index (χ4v) is 2.53. The van der Waals surface area contributed by atoms with Gasteiger partial charge < -0.3 is 0 Å². The van der Waals surface area contributed by atoms with E-state index in [0.29, 0.717) is 12.8 Å². The Kier molecular flexibility index (Phi) is 8.48. The molecule has 19 heavy (non-hydrogen) atoms. The zero-order valence-electron chi connectivity index (χ0n) is 10.7. The van der Waals surface area contributed by atoms with Crippen LogP contribution >= 0.6 is 23.6 Å². The van der Waals surface area contributed by atoms with E-state index in [9.17, 15) is 9.59 Å². The van der Waals surface area contributed by atoms with Crippen molar-refractivity contribution in [3.05, 3.63) is 0 Å². The van der Waals surface area contributed by atoms with Crippen LogP contribution in [-0.4, -0.2) is 21.5 Å². The van der Waals surface area contributed by atoms with Gasteiger partial charge in [0.1, 0.15) is 0 Å². The smallest absolute Gasteiger partial charge is 0.246 e. The van der Waals surface area contributed by atoms with E-state index >= 15 is 0 Å². The second-order valence-electron chi connectivity index (χ2n) is 4.30. The summed E-state index contributed by atoms with van der Waals surface area (Å²) in [6.45, 7) is 2.46. The normalized spacial score (nSPS) is 17.8. The minimum atomic E-state index is -0.946. The van der Waals surface area contributed by atoms with E-state index in [4.69, 9.17) is 33.2 Å². The van der Waals surface area contributed by atoms with Crippen LogP contribution in [0.1, 0.15) is 46.0 Å². The van der Waals surface area contributed by atoms with E-state index in [2.05, 4.69) is 0 Å². The number of hydrogen-bond acceptors (Lipinski definition) is 5. The SMILES string of the molecule is CC(=O)O[NH+](OC(C)=O)C1(N(Cl)Cl)CCCCC1.[Pt+4]. The Morgan fingerprint density at radius 3 is 1.79 bits per heavy atom. The van der Waals surface area contributed by atoms with Crippen LogP contribution in [0.5, 0.6) is 0 Å². The van der Waals surface area contributed by atoms with Crippen LogP contribution in [0, 0.1) is 0 Å². The molecule has 0 aromatic carbocycles. The Bertz CT molecular complexity index is 309. The van der Waals surface area contributed by atoms with Gasteiger partial charge in [0, 0.05) is 50.2 Å². The third kappa shape index (κ3) is 5.20. The number of rotatable bonds is 4. The van der Waals surface area contributed by atoms with Gasteiger partial charge in [-0.3, -0.25) is 0 Å². The Labute approximate surface area is 136 Å². The van der Waals surface area contributed by atoms with Crippen molar-refractivity contribution in [1.29, 1.82) is 0 Å². The summed E-state index contributed by atoms with van der Waals surface area (Å²) in [5.41, 5.74) is -0.946. The number of hydrogen-bond donors (Lipinski definition) is 1. The number of nitrogens with zero attached hydrogens (tertiary/aromatic N) is 1. The number of hydroxylamine groups is 2. The van der Waals surface area contributed by atoms with E-state index in [1.54, 1.807) is 0 Å². The molecule has 0 bridgehead atoms. The molecule has 1 fully saturated rings. The third-order valence-electron chi connectivity index (χ3n) is 2.86. The van der Waals surface area contributed by atoms with Gasteiger partial charge in [-0.1, -0.05) is 10.4 Å². The average molecular weight is 495 g/mol. The van der Waals surface area contributed by atoms with Crippen molar-refractivity contribution in [2.75, 3.05) is 0 Å². The Hall–Kier alpha value is 0.128. The summed E-state index contributed by atoms with van der Waals surface area (Å²) in [4.78, 5) is 32.2. The Balaban J connectivity index is 0.00000324. The van der Waals surface area contributed by atoms with Crippen molar-refractivity contribution in [2.24, 2.45) is 0 Å². The van der Waals surface area contributed by atoms with E-state index in [-0.39, 0.29) is 26.3 Å². The topological polar surface area (TPSA) is 60.3 Å². The van der Waals surface area contributed by atoms with E-state index < -0.39 is 17.6 Å². The summed E-state index contributed by atoms with van der Waals surface area (Å²) in [5.74, 6) is -1.15. The van der Waals surface area contributed by atoms with Crippen LogP contribution in [0.4, 0.5) is 0 Å². The van der Waals surface area contributed by atoms with Crippen molar-refractivity contribution in [2.45, 2.75) is 51.6 Å². The van der Waals surface area contributed by atoms with Gasteiger partial charge in [0.15, 0.2) is 0 Å². The third-order valence-corrected chi connectivity index (χ3v) is 3.50. The molecule has 9 heteroatoms. The largest absolute Gasteiger partial charge is 4.00 e. The molecule has 0 aromatic heterocycles. The molecule has 110 valence electrons. The van der Waals surface area contributed by atoms with Gasteiger partial charge in [-0.05, 0) is 12.8 Å². The predicted octanol–water partition coefficient (Wildman–Crippen LogP) is 1.09. The zero-order chi connectivity index (χ0) is 13.8. The standard InChI is InChI=1S/C10H16Cl2N2O4.Pt/c1-8(15)17-14(18-9(2)16)10(13(11)12)6-4-3-5-7-10;/h3-7H2,1-2H3;/q;+4/p+1. The second kappa shape index (κ2) is 8.42. The zero-order valence-corrected chi connectivity index (χ0v) is 14.5. The first kappa shape index (κ1) is 19.1. The van der Waals surface area contributed by atoms with E-state index in [1.807, 2.05) is 0 Å². The van der Waals surface area contributed by atoms with Gasteiger partial charge in [0.2, 0.25) is 0 Å². The summed E-state index contributed by atoms with van der Waals surface area (Å²) >= 11 is 11.7. The molecule has 0 spiro atoms. The number of quaternary nitrogens is 1.